The first-order valence-corrected chi connectivity index (χ1v) is 6.51. The van der Waals surface area contributed by atoms with Crippen molar-refractivity contribution in [3.8, 4) is 5.75 Å². The number of hydrogen-bond acceptors (Lipinski definition) is 4. The van der Waals surface area contributed by atoms with Crippen molar-refractivity contribution in [1.29, 1.82) is 0 Å². The van der Waals surface area contributed by atoms with Crippen molar-refractivity contribution in [3.63, 3.8) is 0 Å². The van der Waals surface area contributed by atoms with E-state index in [-0.39, 0.29) is 6.42 Å². The Morgan fingerprint density at radius 1 is 1.32 bits per heavy atom. The number of esters is 1. The van der Waals surface area contributed by atoms with Gasteiger partial charge in [0.1, 0.15) is 11.6 Å². The minimum Gasteiger partial charge on any atom is -0.508 e. The van der Waals surface area contributed by atoms with E-state index in [9.17, 15) is 22.4 Å². The Labute approximate surface area is 124 Å². The summed E-state index contributed by atoms with van der Waals surface area (Å²) in [6, 6.07) is 2.48. The fourth-order valence-corrected chi connectivity index (χ4v) is 1.73. The molecule has 0 bridgehead atoms. The SMILES string of the molecule is COCCCC[C@@H](OC(=O)c1ccc(O)cc1F)C(F)(F)F. The molecule has 0 amide bonds. The molecule has 0 heterocycles. The number of ether oxygens (including phenoxy) is 2. The highest BCUT2D eigenvalue weighted by Crippen LogP contribution is 2.28. The van der Waals surface area contributed by atoms with Crippen molar-refractivity contribution in [2.24, 2.45) is 0 Å². The summed E-state index contributed by atoms with van der Waals surface area (Å²) in [6.45, 7) is 0.297. The van der Waals surface area contributed by atoms with Crippen LogP contribution in [0.25, 0.3) is 0 Å². The quantitative estimate of drug-likeness (QED) is 0.474. The lowest BCUT2D eigenvalue weighted by Gasteiger charge is -2.20. The van der Waals surface area contributed by atoms with E-state index in [0.717, 1.165) is 12.1 Å². The van der Waals surface area contributed by atoms with Crippen LogP contribution in [0.2, 0.25) is 0 Å². The lowest BCUT2D eigenvalue weighted by molar-refractivity contribution is -0.206. The van der Waals surface area contributed by atoms with Gasteiger partial charge in [-0.05, 0) is 31.4 Å². The van der Waals surface area contributed by atoms with Crippen LogP contribution in [-0.2, 0) is 9.47 Å². The molecule has 8 heteroatoms. The maximum absolute atomic E-state index is 13.4. The number of phenolic OH excluding ortho intramolecular Hbond substituents is 1. The number of unbranched alkanes of at least 4 members (excludes halogenated alkanes) is 1. The molecule has 4 nitrogen and oxygen atoms in total. The topological polar surface area (TPSA) is 55.8 Å². The van der Waals surface area contributed by atoms with Gasteiger partial charge in [0.2, 0.25) is 0 Å². The summed E-state index contributed by atoms with van der Waals surface area (Å²) in [5.74, 6) is -3.02. The Morgan fingerprint density at radius 2 is 2.00 bits per heavy atom. The zero-order chi connectivity index (χ0) is 16.8. The van der Waals surface area contributed by atoms with Crippen LogP contribution in [0.3, 0.4) is 0 Å². The van der Waals surface area contributed by atoms with Crippen LogP contribution >= 0.6 is 0 Å². The number of carbonyl (C=O) groups is 1. The first-order chi connectivity index (χ1) is 10.3. The predicted molar refractivity (Wildman–Crippen MR) is 69.1 cm³/mol. The van der Waals surface area contributed by atoms with Crippen molar-refractivity contribution in [1.82, 2.24) is 0 Å². The Kier molecular flexibility index (Phi) is 6.61. The van der Waals surface area contributed by atoms with Gasteiger partial charge in [0.15, 0.2) is 6.10 Å². The highest BCUT2D eigenvalue weighted by molar-refractivity contribution is 5.90. The number of aromatic hydroxyl groups is 1. The number of rotatable bonds is 7. The van der Waals surface area contributed by atoms with Gasteiger partial charge < -0.3 is 14.6 Å². The first kappa shape index (κ1) is 18.2. The van der Waals surface area contributed by atoms with Crippen LogP contribution < -0.4 is 0 Å². The molecule has 0 aliphatic rings. The Balaban J connectivity index is 2.74. The van der Waals surface area contributed by atoms with Gasteiger partial charge in [0.05, 0.1) is 5.56 Å². The molecular weight excluding hydrogens is 308 g/mol. The Morgan fingerprint density at radius 3 is 2.55 bits per heavy atom. The van der Waals surface area contributed by atoms with Crippen LogP contribution in [0.15, 0.2) is 18.2 Å². The molecule has 0 aliphatic carbocycles. The van der Waals surface area contributed by atoms with Crippen molar-refractivity contribution in [2.45, 2.75) is 31.5 Å². The summed E-state index contributed by atoms with van der Waals surface area (Å²) >= 11 is 0. The molecule has 0 saturated carbocycles. The summed E-state index contributed by atoms with van der Waals surface area (Å²) in [6.07, 6.45) is -6.96. The number of carbonyl (C=O) groups excluding carboxylic acids is 1. The molecule has 1 atom stereocenters. The monoisotopic (exact) mass is 324 g/mol. The maximum atomic E-state index is 13.4. The normalized spacial score (nSPS) is 13.0. The first-order valence-electron chi connectivity index (χ1n) is 6.51. The van der Waals surface area contributed by atoms with Gasteiger partial charge in [-0.2, -0.15) is 13.2 Å². The summed E-state index contributed by atoms with van der Waals surface area (Å²) < 4.78 is 61.0. The number of halogens is 4. The highest BCUT2D eigenvalue weighted by atomic mass is 19.4. The molecule has 0 radical (unpaired) electrons. The van der Waals surface area contributed by atoms with Crippen molar-refractivity contribution in [3.05, 3.63) is 29.6 Å². The molecular formula is C14H16F4O4. The van der Waals surface area contributed by atoms with Crippen molar-refractivity contribution < 1.29 is 36.9 Å². The van der Waals surface area contributed by atoms with Crippen LogP contribution in [0, 0.1) is 5.82 Å². The number of phenols is 1. The fourth-order valence-electron chi connectivity index (χ4n) is 1.73. The van der Waals surface area contributed by atoms with Gasteiger partial charge >= 0.3 is 12.1 Å². The summed E-state index contributed by atoms with van der Waals surface area (Å²) in [7, 11) is 1.43. The molecule has 0 saturated heterocycles. The molecule has 0 aromatic heterocycles. The van der Waals surface area contributed by atoms with Gasteiger partial charge in [-0.3, -0.25) is 0 Å². The van der Waals surface area contributed by atoms with Crippen LogP contribution in [0.4, 0.5) is 17.6 Å². The lowest BCUT2D eigenvalue weighted by atomic mass is 10.1. The number of hydrogen-bond donors (Lipinski definition) is 1. The van der Waals surface area contributed by atoms with Gasteiger partial charge in [-0.1, -0.05) is 0 Å². The third-order valence-electron chi connectivity index (χ3n) is 2.85. The van der Waals surface area contributed by atoms with Crippen LogP contribution in [-0.4, -0.2) is 37.1 Å². The van der Waals surface area contributed by atoms with Gasteiger partial charge in [0, 0.05) is 19.8 Å². The lowest BCUT2D eigenvalue weighted by Crippen LogP contribution is -2.34. The molecule has 124 valence electrons. The van der Waals surface area contributed by atoms with Gasteiger partial charge in [0.25, 0.3) is 0 Å². The minimum atomic E-state index is -4.74. The zero-order valence-electron chi connectivity index (χ0n) is 11.8. The van der Waals surface area contributed by atoms with Crippen LogP contribution in [0.1, 0.15) is 29.6 Å². The standard InChI is InChI=1S/C14H16F4O4/c1-21-7-3-2-4-12(14(16,17)18)22-13(20)10-6-5-9(19)8-11(10)15/h5-6,8,12,19H,2-4,7H2,1H3/t12-/m1/s1. The smallest absolute Gasteiger partial charge is 0.425 e. The molecule has 1 aromatic carbocycles. The second kappa shape index (κ2) is 7.98. The maximum Gasteiger partial charge on any atom is 0.425 e. The van der Waals surface area contributed by atoms with E-state index in [1.807, 2.05) is 0 Å². The van der Waals surface area contributed by atoms with Crippen LogP contribution in [0.5, 0.6) is 5.75 Å². The summed E-state index contributed by atoms with van der Waals surface area (Å²) in [4.78, 5) is 11.7. The molecule has 1 N–H and O–H groups in total. The predicted octanol–water partition coefficient (Wildman–Crippen LogP) is 3.44. The Bertz CT molecular complexity index is 502. The van der Waals surface area contributed by atoms with Crippen molar-refractivity contribution in [2.75, 3.05) is 13.7 Å². The van der Waals surface area contributed by atoms with Gasteiger partial charge in [-0.15, -0.1) is 0 Å². The minimum absolute atomic E-state index is 0.142. The molecule has 0 spiro atoms. The highest BCUT2D eigenvalue weighted by Gasteiger charge is 2.42. The number of methoxy groups -OCH3 is 1. The second-order valence-corrected chi connectivity index (χ2v) is 4.59. The van der Waals surface area contributed by atoms with Gasteiger partial charge in [-0.25, -0.2) is 9.18 Å². The molecule has 1 rings (SSSR count). The van der Waals surface area contributed by atoms with E-state index in [1.54, 1.807) is 0 Å². The van der Waals surface area contributed by atoms with E-state index >= 15 is 0 Å². The molecule has 0 unspecified atom stereocenters. The molecule has 0 aliphatic heterocycles. The van der Waals surface area contributed by atoms with Crippen molar-refractivity contribution >= 4 is 5.97 Å². The fraction of sp³-hybridized carbons (Fsp3) is 0.500. The summed E-state index contributed by atoms with van der Waals surface area (Å²) in [5.41, 5.74) is -0.663. The average Bonchev–Trinajstić information content (AvgIpc) is 2.40. The second-order valence-electron chi connectivity index (χ2n) is 4.59. The molecule has 22 heavy (non-hydrogen) atoms. The number of alkyl halides is 3. The van der Waals surface area contributed by atoms with E-state index in [0.29, 0.717) is 19.1 Å². The Hall–Kier alpha value is -1.83. The third kappa shape index (κ3) is 5.51. The van der Waals surface area contributed by atoms with E-state index in [1.165, 1.54) is 7.11 Å². The average molecular weight is 324 g/mol. The molecule has 0 fully saturated rings. The number of benzene rings is 1. The largest absolute Gasteiger partial charge is 0.508 e. The third-order valence-corrected chi connectivity index (χ3v) is 2.85. The zero-order valence-corrected chi connectivity index (χ0v) is 11.8. The van der Waals surface area contributed by atoms with E-state index in [4.69, 9.17) is 9.84 Å². The molecule has 1 aromatic rings. The van der Waals surface area contributed by atoms with E-state index < -0.39 is 41.8 Å². The van der Waals surface area contributed by atoms with E-state index in [2.05, 4.69) is 4.74 Å². The summed E-state index contributed by atoms with van der Waals surface area (Å²) in [5, 5.41) is 9.01.